The first-order valence-electron chi connectivity index (χ1n) is 13.0. The Morgan fingerprint density at radius 2 is 1.77 bits per heavy atom. The zero-order chi connectivity index (χ0) is 28.4. The Morgan fingerprint density at radius 1 is 1.00 bits per heavy atom. The first kappa shape index (κ1) is 27.2. The maximum atomic E-state index is 14.2. The summed E-state index contributed by atoms with van der Waals surface area (Å²) in [7, 11) is 3.16. The topological polar surface area (TPSA) is 88.4 Å². The number of carbonyl (C=O) groups is 1. The summed E-state index contributed by atoms with van der Waals surface area (Å²) in [6.07, 6.45) is 1.83. The van der Waals surface area contributed by atoms with Gasteiger partial charge >= 0.3 is 5.97 Å². The Morgan fingerprint density at radius 3 is 2.50 bits per heavy atom. The van der Waals surface area contributed by atoms with E-state index in [1.807, 2.05) is 61.5 Å². The highest BCUT2D eigenvalue weighted by atomic mass is 32.1. The van der Waals surface area contributed by atoms with E-state index in [4.69, 9.17) is 18.9 Å². The number of carbonyl (C=O) groups excluding carboxylic acids is 1. The van der Waals surface area contributed by atoms with Crippen LogP contribution in [-0.4, -0.2) is 38.0 Å². The molecule has 0 spiro atoms. The predicted octanol–water partition coefficient (Wildman–Crippen LogP) is 4.37. The molecule has 2 heterocycles. The number of allylic oxidation sites excluding steroid dienone is 1. The molecule has 8 nitrogen and oxygen atoms in total. The number of methoxy groups -OCH3 is 2. The van der Waals surface area contributed by atoms with Crippen LogP contribution in [-0.2, 0) is 9.53 Å². The number of nitrogens with zero attached hydrogens (tertiary/aromatic N) is 2. The summed E-state index contributed by atoms with van der Waals surface area (Å²) < 4.78 is 24.7. The summed E-state index contributed by atoms with van der Waals surface area (Å²) in [5.41, 5.74) is 1.86. The fourth-order valence-electron chi connectivity index (χ4n) is 5.03. The number of ether oxygens (including phenoxy) is 4. The highest BCUT2D eigenvalue weighted by Gasteiger charge is 2.36. The van der Waals surface area contributed by atoms with Crippen molar-refractivity contribution in [3.8, 4) is 17.2 Å². The number of esters is 1. The number of thiazole rings is 1. The number of rotatable bonds is 8. The van der Waals surface area contributed by atoms with Crippen LogP contribution in [0, 0.1) is 0 Å². The molecule has 206 valence electrons. The molecule has 9 heteroatoms. The summed E-state index contributed by atoms with van der Waals surface area (Å²) in [4.78, 5) is 32.7. The minimum absolute atomic E-state index is 0.185. The zero-order valence-corrected chi connectivity index (χ0v) is 23.8. The third kappa shape index (κ3) is 4.66. The Hall–Kier alpha value is -4.37. The van der Waals surface area contributed by atoms with Gasteiger partial charge in [-0.1, -0.05) is 53.8 Å². The van der Waals surface area contributed by atoms with Crippen LogP contribution in [0.3, 0.4) is 0 Å². The Bertz CT molecular complexity index is 1820. The van der Waals surface area contributed by atoms with Gasteiger partial charge in [0.15, 0.2) is 16.3 Å². The van der Waals surface area contributed by atoms with E-state index in [1.54, 1.807) is 38.7 Å². The van der Waals surface area contributed by atoms with Crippen LogP contribution in [0.4, 0.5) is 0 Å². The molecule has 1 aliphatic rings. The molecule has 0 aliphatic carbocycles. The highest BCUT2D eigenvalue weighted by molar-refractivity contribution is 7.07. The van der Waals surface area contributed by atoms with E-state index in [1.165, 1.54) is 11.3 Å². The number of aromatic nitrogens is 1. The van der Waals surface area contributed by atoms with Gasteiger partial charge in [-0.3, -0.25) is 9.36 Å². The van der Waals surface area contributed by atoms with Gasteiger partial charge in [-0.2, -0.15) is 0 Å². The summed E-state index contributed by atoms with van der Waals surface area (Å²) in [6, 6.07) is 16.4. The molecule has 0 N–H and O–H groups in total. The van der Waals surface area contributed by atoms with Gasteiger partial charge in [0.25, 0.3) is 5.56 Å². The van der Waals surface area contributed by atoms with E-state index < -0.39 is 12.0 Å². The SMILES string of the molecule is CCOC(=O)C1=C(C)N=c2sc(=Cc3c(OC)ccc4ccccc34)c(=O)n2[C@@H]1c1cccc(OC)c1OCC. The van der Waals surface area contributed by atoms with Gasteiger partial charge in [0.1, 0.15) is 11.8 Å². The van der Waals surface area contributed by atoms with E-state index >= 15 is 0 Å². The lowest BCUT2D eigenvalue weighted by Gasteiger charge is -2.26. The molecule has 3 aromatic carbocycles. The number of fused-ring (bicyclic) bond motifs is 2. The van der Waals surface area contributed by atoms with Crippen molar-refractivity contribution >= 4 is 34.2 Å². The first-order chi connectivity index (χ1) is 19.4. The number of hydrogen-bond donors (Lipinski definition) is 0. The van der Waals surface area contributed by atoms with Gasteiger partial charge in [0, 0.05) is 11.1 Å². The quantitative estimate of drug-likeness (QED) is 0.299. The molecule has 40 heavy (non-hydrogen) atoms. The standard InChI is InChI=1S/C31H30N2O6S/c1-6-38-28-21(13-10-14-24(28)37-5)27-26(30(35)39-7-2)18(3)32-31-33(27)29(34)25(40-31)17-22-20-12-9-8-11-19(20)15-16-23(22)36-4/h8-17,27H,6-7H2,1-5H3/t27-/m1/s1. The number of hydrogen-bond acceptors (Lipinski definition) is 8. The van der Waals surface area contributed by atoms with Crippen molar-refractivity contribution in [1.29, 1.82) is 0 Å². The molecule has 1 atom stereocenters. The number of para-hydroxylation sites is 1. The van der Waals surface area contributed by atoms with Crippen LogP contribution in [0.25, 0.3) is 16.8 Å². The smallest absolute Gasteiger partial charge is 0.338 e. The molecule has 0 radical (unpaired) electrons. The zero-order valence-electron chi connectivity index (χ0n) is 23.0. The molecule has 4 aromatic rings. The minimum atomic E-state index is -0.830. The fourth-order valence-corrected chi connectivity index (χ4v) is 6.06. The molecule has 1 aliphatic heterocycles. The molecule has 0 fully saturated rings. The van der Waals surface area contributed by atoms with Crippen LogP contribution >= 0.6 is 11.3 Å². The minimum Gasteiger partial charge on any atom is -0.496 e. The normalized spacial score (nSPS) is 15.0. The second-order valence-corrected chi connectivity index (χ2v) is 10.0. The van der Waals surface area contributed by atoms with Crippen LogP contribution in [0.2, 0.25) is 0 Å². The van der Waals surface area contributed by atoms with Crippen LogP contribution < -0.4 is 29.1 Å². The van der Waals surface area contributed by atoms with Crippen molar-refractivity contribution in [2.45, 2.75) is 26.8 Å². The highest BCUT2D eigenvalue weighted by Crippen LogP contribution is 2.40. The van der Waals surface area contributed by atoms with Crippen molar-refractivity contribution in [1.82, 2.24) is 4.57 Å². The summed E-state index contributed by atoms with van der Waals surface area (Å²) in [5.74, 6) is 1.07. The molecule has 0 saturated heterocycles. The lowest BCUT2D eigenvalue weighted by Crippen LogP contribution is -2.40. The monoisotopic (exact) mass is 558 g/mol. The van der Waals surface area contributed by atoms with Crippen molar-refractivity contribution in [2.75, 3.05) is 27.4 Å². The van der Waals surface area contributed by atoms with E-state index in [0.29, 0.717) is 44.4 Å². The molecular weight excluding hydrogens is 528 g/mol. The lowest BCUT2D eigenvalue weighted by molar-refractivity contribution is -0.139. The molecule has 5 rings (SSSR count). The van der Waals surface area contributed by atoms with Crippen LogP contribution in [0.5, 0.6) is 17.2 Å². The van der Waals surface area contributed by atoms with Gasteiger partial charge in [0.05, 0.1) is 43.2 Å². The summed E-state index contributed by atoms with van der Waals surface area (Å²) >= 11 is 1.26. The van der Waals surface area contributed by atoms with E-state index in [2.05, 4.69) is 4.99 Å². The molecule has 0 unspecified atom stereocenters. The second kappa shape index (κ2) is 11.4. The molecule has 1 aromatic heterocycles. The number of benzene rings is 3. The van der Waals surface area contributed by atoms with Crippen molar-refractivity contribution in [3.63, 3.8) is 0 Å². The molecular formula is C31H30N2O6S. The van der Waals surface area contributed by atoms with Crippen molar-refractivity contribution < 1.29 is 23.7 Å². The molecule has 0 saturated carbocycles. The average Bonchev–Trinajstić information content (AvgIpc) is 3.26. The average molecular weight is 559 g/mol. The van der Waals surface area contributed by atoms with E-state index in [0.717, 1.165) is 16.3 Å². The predicted molar refractivity (Wildman–Crippen MR) is 155 cm³/mol. The van der Waals surface area contributed by atoms with Crippen molar-refractivity contribution in [3.05, 3.63) is 96.7 Å². The van der Waals surface area contributed by atoms with E-state index in [9.17, 15) is 9.59 Å². The van der Waals surface area contributed by atoms with Gasteiger partial charge < -0.3 is 18.9 Å². The van der Waals surface area contributed by atoms with Crippen LogP contribution in [0.15, 0.2) is 75.7 Å². The summed E-state index contributed by atoms with van der Waals surface area (Å²) in [5, 5.41) is 1.98. The van der Waals surface area contributed by atoms with Crippen LogP contribution in [0.1, 0.15) is 37.9 Å². The van der Waals surface area contributed by atoms with Gasteiger partial charge in [-0.05, 0) is 49.8 Å². The van der Waals surface area contributed by atoms with Gasteiger partial charge in [0.2, 0.25) is 0 Å². The third-order valence-corrected chi connectivity index (χ3v) is 7.74. The Balaban J connectivity index is 1.82. The maximum Gasteiger partial charge on any atom is 0.338 e. The fraction of sp³-hybridized carbons (Fsp3) is 0.258. The van der Waals surface area contributed by atoms with Gasteiger partial charge in [-0.25, -0.2) is 9.79 Å². The Labute approximate surface area is 235 Å². The lowest BCUT2D eigenvalue weighted by atomic mass is 9.94. The summed E-state index contributed by atoms with van der Waals surface area (Å²) in [6.45, 7) is 5.92. The maximum absolute atomic E-state index is 14.2. The first-order valence-corrected chi connectivity index (χ1v) is 13.8. The largest absolute Gasteiger partial charge is 0.496 e. The second-order valence-electron chi connectivity index (χ2n) is 9.02. The van der Waals surface area contributed by atoms with E-state index in [-0.39, 0.29) is 17.7 Å². The van der Waals surface area contributed by atoms with Crippen molar-refractivity contribution in [2.24, 2.45) is 4.99 Å². The third-order valence-electron chi connectivity index (χ3n) is 6.76. The molecule has 0 bridgehead atoms. The van der Waals surface area contributed by atoms with Gasteiger partial charge in [-0.15, -0.1) is 0 Å². The molecule has 0 amide bonds. The Kier molecular flexibility index (Phi) is 7.75.